The van der Waals surface area contributed by atoms with Gasteiger partial charge in [-0.1, -0.05) is 31.5 Å². The van der Waals surface area contributed by atoms with E-state index in [0.717, 1.165) is 37.1 Å². The van der Waals surface area contributed by atoms with Crippen LogP contribution in [0.4, 0.5) is 4.79 Å². The number of hydrogen-bond acceptors (Lipinski definition) is 2. The molecule has 0 saturated heterocycles. The second kappa shape index (κ2) is 8.39. The number of benzene rings is 1. The van der Waals surface area contributed by atoms with Crippen LogP contribution in [0.3, 0.4) is 0 Å². The predicted molar refractivity (Wildman–Crippen MR) is 73.0 cm³/mol. The van der Waals surface area contributed by atoms with E-state index in [1.54, 1.807) is 7.11 Å². The zero-order chi connectivity index (χ0) is 13.2. The van der Waals surface area contributed by atoms with Gasteiger partial charge in [0, 0.05) is 13.1 Å². The van der Waals surface area contributed by atoms with Gasteiger partial charge in [-0.2, -0.15) is 0 Å². The van der Waals surface area contributed by atoms with Gasteiger partial charge in [0.05, 0.1) is 7.11 Å². The van der Waals surface area contributed by atoms with Gasteiger partial charge in [0.15, 0.2) is 0 Å². The molecule has 0 unspecified atom stereocenters. The van der Waals surface area contributed by atoms with Crippen LogP contribution in [0.5, 0.6) is 5.75 Å². The molecule has 18 heavy (non-hydrogen) atoms. The monoisotopic (exact) mass is 250 g/mol. The zero-order valence-corrected chi connectivity index (χ0v) is 11.2. The summed E-state index contributed by atoms with van der Waals surface area (Å²) in [6, 6.07) is 7.75. The van der Waals surface area contributed by atoms with Gasteiger partial charge in [0.1, 0.15) is 5.75 Å². The van der Waals surface area contributed by atoms with E-state index in [1.165, 1.54) is 0 Å². The Morgan fingerprint density at radius 2 is 1.94 bits per heavy atom. The van der Waals surface area contributed by atoms with E-state index in [0.29, 0.717) is 6.54 Å². The summed E-state index contributed by atoms with van der Waals surface area (Å²) in [5.74, 6) is 0.866. The van der Waals surface area contributed by atoms with Crippen molar-refractivity contribution in [3.63, 3.8) is 0 Å². The highest BCUT2D eigenvalue weighted by molar-refractivity contribution is 5.73. The Morgan fingerprint density at radius 3 is 2.67 bits per heavy atom. The molecule has 0 aliphatic carbocycles. The fourth-order valence-corrected chi connectivity index (χ4v) is 1.66. The minimum Gasteiger partial charge on any atom is -0.496 e. The molecule has 0 spiro atoms. The number of rotatable bonds is 7. The number of para-hydroxylation sites is 1. The van der Waals surface area contributed by atoms with E-state index in [-0.39, 0.29) is 6.03 Å². The van der Waals surface area contributed by atoms with Crippen LogP contribution in [0.2, 0.25) is 0 Å². The first kappa shape index (κ1) is 14.4. The normalized spacial score (nSPS) is 9.89. The third-order valence-corrected chi connectivity index (χ3v) is 2.69. The van der Waals surface area contributed by atoms with Crippen molar-refractivity contribution in [2.75, 3.05) is 20.2 Å². The molecule has 2 amide bonds. The fraction of sp³-hybridized carbons (Fsp3) is 0.500. The summed E-state index contributed by atoms with van der Waals surface area (Å²) in [4.78, 5) is 11.4. The van der Waals surface area contributed by atoms with Gasteiger partial charge in [-0.25, -0.2) is 4.79 Å². The standard InChI is InChI=1S/C14H22N2O2/c1-3-4-10-15-14(17)16-11-9-12-7-5-6-8-13(12)18-2/h5-8H,3-4,9-11H2,1-2H3,(H2,15,16,17). The number of methoxy groups -OCH3 is 1. The van der Waals surface area contributed by atoms with E-state index in [2.05, 4.69) is 17.6 Å². The Balaban J connectivity index is 2.26. The summed E-state index contributed by atoms with van der Waals surface area (Å²) in [6.07, 6.45) is 2.87. The molecule has 1 rings (SSSR count). The van der Waals surface area contributed by atoms with Gasteiger partial charge in [-0.15, -0.1) is 0 Å². The van der Waals surface area contributed by atoms with Crippen molar-refractivity contribution in [2.24, 2.45) is 0 Å². The number of carbonyl (C=O) groups excluding carboxylic acids is 1. The Labute approximate surface area is 109 Å². The SMILES string of the molecule is CCCCNC(=O)NCCc1ccccc1OC. The molecule has 1 aromatic carbocycles. The lowest BCUT2D eigenvalue weighted by Gasteiger charge is -2.09. The molecule has 0 fully saturated rings. The molecule has 0 bridgehead atoms. The van der Waals surface area contributed by atoms with Gasteiger partial charge >= 0.3 is 6.03 Å². The molecule has 4 heteroatoms. The Bertz CT molecular complexity index is 367. The van der Waals surface area contributed by atoms with Crippen LogP contribution in [0.1, 0.15) is 25.3 Å². The molecule has 1 aromatic rings. The van der Waals surface area contributed by atoms with Crippen molar-refractivity contribution in [1.82, 2.24) is 10.6 Å². The first-order valence-corrected chi connectivity index (χ1v) is 6.41. The van der Waals surface area contributed by atoms with Gasteiger partial charge in [0.25, 0.3) is 0 Å². The average Bonchev–Trinajstić information content (AvgIpc) is 2.39. The van der Waals surface area contributed by atoms with Gasteiger partial charge in [-0.05, 0) is 24.5 Å². The summed E-state index contributed by atoms with van der Waals surface area (Å²) in [5, 5.41) is 5.65. The lowest BCUT2D eigenvalue weighted by Crippen LogP contribution is -2.37. The van der Waals surface area contributed by atoms with Crippen LogP contribution in [-0.4, -0.2) is 26.2 Å². The highest BCUT2D eigenvalue weighted by atomic mass is 16.5. The Kier molecular flexibility index (Phi) is 6.69. The Hall–Kier alpha value is -1.71. The largest absolute Gasteiger partial charge is 0.496 e. The summed E-state index contributed by atoms with van der Waals surface area (Å²) in [7, 11) is 1.66. The number of hydrogen-bond donors (Lipinski definition) is 2. The molecule has 0 aromatic heterocycles. The first-order chi connectivity index (χ1) is 8.77. The Morgan fingerprint density at radius 1 is 1.22 bits per heavy atom. The molecule has 0 aliphatic heterocycles. The summed E-state index contributed by atoms with van der Waals surface area (Å²) in [5.41, 5.74) is 1.11. The second-order valence-electron chi connectivity index (χ2n) is 4.10. The first-order valence-electron chi connectivity index (χ1n) is 6.41. The number of ether oxygens (including phenoxy) is 1. The quantitative estimate of drug-likeness (QED) is 0.730. The number of amides is 2. The maximum atomic E-state index is 11.4. The molecule has 0 saturated carbocycles. The number of urea groups is 1. The van der Waals surface area contributed by atoms with Crippen LogP contribution >= 0.6 is 0 Å². The van der Waals surface area contributed by atoms with Crippen molar-refractivity contribution >= 4 is 6.03 Å². The third-order valence-electron chi connectivity index (χ3n) is 2.69. The minimum absolute atomic E-state index is 0.0988. The van der Waals surface area contributed by atoms with Crippen LogP contribution in [-0.2, 0) is 6.42 Å². The molecule has 100 valence electrons. The van der Waals surface area contributed by atoms with Crippen molar-refractivity contribution < 1.29 is 9.53 Å². The highest BCUT2D eigenvalue weighted by Crippen LogP contribution is 2.17. The minimum atomic E-state index is -0.0988. The lowest BCUT2D eigenvalue weighted by atomic mass is 10.1. The molecular weight excluding hydrogens is 228 g/mol. The van der Waals surface area contributed by atoms with Gasteiger partial charge in [0.2, 0.25) is 0 Å². The summed E-state index contributed by atoms with van der Waals surface area (Å²) >= 11 is 0. The maximum absolute atomic E-state index is 11.4. The molecule has 4 nitrogen and oxygen atoms in total. The molecule has 0 aliphatic rings. The zero-order valence-electron chi connectivity index (χ0n) is 11.2. The number of nitrogens with one attached hydrogen (secondary N) is 2. The second-order valence-corrected chi connectivity index (χ2v) is 4.10. The molecule has 0 radical (unpaired) electrons. The predicted octanol–water partition coefficient (Wildman–Crippen LogP) is 2.34. The van der Waals surface area contributed by atoms with Crippen molar-refractivity contribution in [3.8, 4) is 5.75 Å². The van der Waals surface area contributed by atoms with E-state index >= 15 is 0 Å². The molecule has 0 heterocycles. The van der Waals surface area contributed by atoms with E-state index in [1.807, 2.05) is 24.3 Å². The third kappa shape index (κ3) is 5.08. The van der Waals surface area contributed by atoms with Crippen LogP contribution < -0.4 is 15.4 Å². The highest BCUT2D eigenvalue weighted by Gasteiger charge is 2.02. The van der Waals surface area contributed by atoms with Crippen molar-refractivity contribution in [1.29, 1.82) is 0 Å². The van der Waals surface area contributed by atoms with Gasteiger partial charge in [-0.3, -0.25) is 0 Å². The average molecular weight is 250 g/mol. The summed E-state index contributed by atoms with van der Waals surface area (Å²) in [6.45, 7) is 3.44. The van der Waals surface area contributed by atoms with Gasteiger partial charge < -0.3 is 15.4 Å². The molecular formula is C14H22N2O2. The molecule has 0 atom stereocenters. The maximum Gasteiger partial charge on any atom is 0.314 e. The number of unbranched alkanes of at least 4 members (excludes halogenated alkanes) is 1. The summed E-state index contributed by atoms with van der Waals surface area (Å²) < 4.78 is 5.25. The smallest absolute Gasteiger partial charge is 0.314 e. The van der Waals surface area contributed by atoms with E-state index < -0.39 is 0 Å². The lowest BCUT2D eigenvalue weighted by molar-refractivity contribution is 0.241. The number of carbonyl (C=O) groups is 1. The van der Waals surface area contributed by atoms with E-state index in [9.17, 15) is 4.79 Å². The topological polar surface area (TPSA) is 50.4 Å². The van der Waals surface area contributed by atoms with E-state index in [4.69, 9.17) is 4.74 Å². The van der Waals surface area contributed by atoms with Crippen molar-refractivity contribution in [3.05, 3.63) is 29.8 Å². The van der Waals surface area contributed by atoms with Crippen molar-refractivity contribution in [2.45, 2.75) is 26.2 Å². The fourth-order valence-electron chi connectivity index (χ4n) is 1.66. The molecule has 2 N–H and O–H groups in total. The van der Waals surface area contributed by atoms with Crippen LogP contribution in [0, 0.1) is 0 Å². The van der Waals surface area contributed by atoms with Crippen LogP contribution in [0.25, 0.3) is 0 Å². The van der Waals surface area contributed by atoms with Crippen LogP contribution in [0.15, 0.2) is 24.3 Å².